The van der Waals surface area contributed by atoms with Gasteiger partial charge in [-0.1, -0.05) is 12.1 Å². The van der Waals surface area contributed by atoms with Crippen LogP contribution >= 0.6 is 11.3 Å². The standard InChI is InChI=1S/C20H23N3O3S/c1-14-11-18(15(2)23(14)20-21-7-10-27-20)19(24)22-13-16-5-4-6-17(12-16)26-9-8-25-3/h4-7,10-12H,8-9,13H2,1-3H3,(H,22,24). The molecule has 1 amide bonds. The monoisotopic (exact) mass is 385 g/mol. The summed E-state index contributed by atoms with van der Waals surface area (Å²) in [6.45, 7) is 5.38. The van der Waals surface area contributed by atoms with Crippen LogP contribution in [0.1, 0.15) is 27.3 Å². The number of thiazole rings is 1. The van der Waals surface area contributed by atoms with Crippen molar-refractivity contribution in [3.8, 4) is 10.9 Å². The molecule has 0 saturated carbocycles. The number of rotatable bonds is 8. The lowest BCUT2D eigenvalue weighted by Gasteiger charge is -2.09. The molecule has 27 heavy (non-hydrogen) atoms. The van der Waals surface area contributed by atoms with Crippen molar-refractivity contribution >= 4 is 17.2 Å². The topological polar surface area (TPSA) is 65.4 Å². The highest BCUT2D eigenvalue weighted by Crippen LogP contribution is 2.22. The van der Waals surface area contributed by atoms with E-state index in [1.807, 2.05) is 54.1 Å². The molecule has 0 aliphatic rings. The fourth-order valence-corrected chi connectivity index (χ4v) is 3.63. The molecule has 2 aromatic heterocycles. The molecule has 1 N–H and O–H groups in total. The number of methoxy groups -OCH3 is 1. The first-order chi connectivity index (χ1) is 13.1. The van der Waals surface area contributed by atoms with E-state index in [-0.39, 0.29) is 5.91 Å². The van der Waals surface area contributed by atoms with E-state index in [4.69, 9.17) is 9.47 Å². The Hall–Kier alpha value is -2.64. The molecular formula is C20H23N3O3S. The summed E-state index contributed by atoms with van der Waals surface area (Å²) in [5, 5.41) is 5.78. The summed E-state index contributed by atoms with van der Waals surface area (Å²) >= 11 is 1.55. The molecule has 2 heterocycles. The third-order valence-corrected chi connectivity index (χ3v) is 4.95. The largest absolute Gasteiger partial charge is 0.491 e. The molecule has 0 aliphatic carbocycles. The molecule has 0 bridgehead atoms. The Bertz CT molecular complexity index is 903. The van der Waals surface area contributed by atoms with Crippen molar-refractivity contribution in [3.05, 3.63) is 64.4 Å². The summed E-state index contributed by atoms with van der Waals surface area (Å²) in [6, 6.07) is 9.59. The number of carbonyl (C=O) groups excluding carboxylic acids is 1. The quantitative estimate of drug-likeness (QED) is 0.603. The Balaban J connectivity index is 1.67. The van der Waals surface area contributed by atoms with Gasteiger partial charge in [0.05, 0.1) is 12.2 Å². The molecule has 6 nitrogen and oxygen atoms in total. The van der Waals surface area contributed by atoms with Gasteiger partial charge in [-0.15, -0.1) is 11.3 Å². The van der Waals surface area contributed by atoms with Crippen LogP contribution in [0.3, 0.4) is 0 Å². The molecule has 3 aromatic rings. The molecule has 0 atom stereocenters. The summed E-state index contributed by atoms with van der Waals surface area (Å²) in [5.74, 6) is 0.664. The average molecular weight is 385 g/mol. The van der Waals surface area contributed by atoms with Crippen molar-refractivity contribution in [2.45, 2.75) is 20.4 Å². The van der Waals surface area contributed by atoms with Crippen molar-refractivity contribution in [1.82, 2.24) is 14.9 Å². The van der Waals surface area contributed by atoms with Crippen molar-refractivity contribution in [1.29, 1.82) is 0 Å². The fourth-order valence-electron chi connectivity index (χ4n) is 2.88. The molecule has 3 rings (SSSR count). The molecule has 1 aromatic carbocycles. The minimum Gasteiger partial charge on any atom is -0.491 e. The normalized spacial score (nSPS) is 10.8. The lowest BCUT2D eigenvalue weighted by molar-refractivity contribution is 0.0950. The Morgan fingerprint density at radius 2 is 2.11 bits per heavy atom. The van der Waals surface area contributed by atoms with E-state index in [0.717, 1.165) is 27.8 Å². The highest BCUT2D eigenvalue weighted by molar-refractivity contribution is 7.12. The van der Waals surface area contributed by atoms with E-state index in [1.54, 1.807) is 24.6 Å². The average Bonchev–Trinajstić information content (AvgIpc) is 3.28. The maximum Gasteiger partial charge on any atom is 0.253 e. The lowest BCUT2D eigenvalue weighted by atomic mass is 10.2. The molecule has 7 heteroatoms. The number of aryl methyl sites for hydroxylation is 1. The van der Waals surface area contributed by atoms with E-state index in [1.165, 1.54) is 0 Å². The Morgan fingerprint density at radius 3 is 2.85 bits per heavy atom. The maximum atomic E-state index is 12.7. The Morgan fingerprint density at radius 1 is 1.26 bits per heavy atom. The van der Waals surface area contributed by atoms with Gasteiger partial charge in [-0.2, -0.15) is 0 Å². The molecule has 0 radical (unpaired) electrons. The van der Waals surface area contributed by atoms with E-state index in [0.29, 0.717) is 25.3 Å². The van der Waals surface area contributed by atoms with Crippen LogP contribution in [0.2, 0.25) is 0 Å². The maximum absolute atomic E-state index is 12.7. The number of nitrogens with zero attached hydrogens (tertiary/aromatic N) is 2. The van der Waals surface area contributed by atoms with Crippen LogP contribution < -0.4 is 10.1 Å². The van der Waals surface area contributed by atoms with Gasteiger partial charge in [0.1, 0.15) is 12.4 Å². The Kier molecular flexibility index (Phi) is 6.26. The molecule has 0 unspecified atom stereocenters. The van der Waals surface area contributed by atoms with Gasteiger partial charge in [0.25, 0.3) is 5.91 Å². The predicted octanol–water partition coefficient (Wildman–Crippen LogP) is 3.51. The van der Waals surface area contributed by atoms with Crippen molar-refractivity contribution in [2.75, 3.05) is 20.3 Å². The number of benzene rings is 1. The number of nitrogens with one attached hydrogen (secondary N) is 1. The zero-order valence-electron chi connectivity index (χ0n) is 15.7. The zero-order chi connectivity index (χ0) is 19.2. The predicted molar refractivity (Wildman–Crippen MR) is 106 cm³/mol. The number of hydrogen-bond donors (Lipinski definition) is 1. The Labute approximate surface area is 162 Å². The first kappa shape index (κ1) is 19.1. The second-order valence-electron chi connectivity index (χ2n) is 6.11. The summed E-state index contributed by atoms with van der Waals surface area (Å²) in [6.07, 6.45) is 1.76. The molecule has 142 valence electrons. The number of hydrogen-bond acceptors (Lipinski definition) is 5. The van der Waals surface area contributed by atoms with Gasteiger partial charge in [0.2, 0.25) is 0 Å². The van der Waals surface area contributed by atoms with Crippen LogP contribution in [-0.2, 0) is 11.3 Å². The van der Waals surface area contributed by atoms with E-state index < -0.39 is 0 Å². The van der Waals surface area contributed by atoms with Gasteiger partial charge in [-0.3, -0.25) is 9.36 Å². The summed E-state index contributed by atoms with van der Waals surface area (Å²) in [4.78, 5) is 17.0. The second-order valence-corrected chi connectivity index (χ2v) is 6.98. The minimum atomic E-state index is -0.100. The van der Waals surface area contributed by atoms with Gasteiger partial charge < -0.3 is 14.8 Å². The van der Waals surface area contributed by atoms with Crippen molar-refractivity contribution in [3.63, 3.8) is 0 Å². The lowest BCUT2D eigenvalue weighted by Crippen LogP contribution is -2.23. The molecule has 0 spiro atoms. The SMILES string of the molecule is COCCOc1cccc(CNC(=O)c2cc(C)n(-c3nccs3)c2C)c1. The highest BCUT2D eigenvalue weighted by Gasteiger charge is 2.17. The first-order valence-electron chi connectivity index (χ1n) is 8.68. The highest BCUT2D eigenvalue weighted by atomic mass is 32.1. The van der Waals surface area contributed by atoms with Gasteiger partial charge in [-0.05, 0) is 37.6 Å². The number of aromatic nitrogens is 2. The molecule has 0 saturated heterocycles. The number of ether oxygens (including phenoxy) is 2. The second kappa shape index (κ2) is 8.83. The summed E-state index contributed by atoms with van der Waals surface area (Å²) in [7, 11) is 1.64. The van der Waals surface area contributed by atoms with Gasteiger partial charge in [0, 0.05) is 36.6 Å². The molecular weight excluding hydrogens is 362 g/mol. The van der Waals surface area contributed by atoms with Gasteiger partial charge in [0.15, 0.2) is 5.13 Å². The van der Waals surface area contributed by atoms with Crippen LogP contribution in [0.15, 0.2) is 41.9 Å². The van der Waals surface area contributed by atoms with E-state index >= 15 is 0 Å². The minimum absolute atomic E-state index is 0.100. The summed E-state index contributed by atoms with van der Waals surface area (Å²) in [5.41, 5.74) is 3.51. The van der Waals surface area contributed by atoms with Crippen molar-refractivity contribution in [2.24, 2.45) is 0 Å². The summed E-state index contributed by atoms with van der Waals surface area (Å²) < 4.78 is 12.6. The van der Waals surface area contributed by atoms with Gasteiger partial charge in [-0.25, -0.2) is 4.98 Å². The third kappa shape index (κ3) is 4.56. The van der Waals surface area contributed by atoms with E-state index in [9.17, 15) is 4.79 Å². The third-order valence-electron chi connectivity index (χ3n) is 4.19. The van der Waals surface area contributed by atoms with E-state index in [2.05, 4.69) is 10.3 Å². The smallest absolute Gasteiger partial charge is 0.253 e. The van der Waals surface area contributed by atoms with Crippen LogP contribution in [0.5, 0.6) is 5.75 Å². The molecule has 0 fully saturated rings. The van der Waals surface area contributed by atoms with Crippen LogP contribution in [0.25, 0.3) is 5.13 Å². The number of amides is 1. The van der Waals surface area contributed by atoms with Crippen LogP contribution in [0, 0.1) is 13.8 Å². The van der Waals surface area contributed by atoms with Crippen LogP contribution in [0.4, 0.5) is 0 Å². The van der Waals surface area contributed by atoms with Crippen LogP contribution in [-0.4, -0.2) is 35.8 Å². The molecule has 0 aliphatic heterocycles. The zero-order valence-corrected chi connectivity index (χ0v) is 16.5. The number of carbonyl (C=O) groups is 1. The first-order valence-corrected chi connectivity index (χ1v) is 9.56. The fraction of sp³-hybridized carbons (Fsp3) is 0.300. The van der Waals surface area contributed by atoms with Gasteiger partial charge >= 0.3 is 0 Å². The van der Waals surface area contributed by atoms with Crippen molar-refractivity contribution < 1.29 is 14.3 Å².